The number of rotatable bonds is 2. The Hall–Kier alpha value is -1.78. The van der Waals surface area contributed by atoms with Gasteiger partial charge in [0.25, 0.3) is 0 Å². The van der Waals surface area contributed by atoms with Crippen LogP contribution in [0.4, 0.5) is 0 Å². The summed E-state index contributed by atoms with van der Waals surface area (Å²) in [4.78, 5) is 5.29. The minimum absolute atomic E-state index is 0.880. The maximum atomic E-state index is 5.43. The van der Waals surface area contributed by atoms with Gasteiger partial charge in [0, 0.05) is 25.0 Å². The molecule has 0 spiro atoms. The molecule has 0 atom stereocenters. The van der Waals surface area contributed by atoms with E-state index in [1.54, 1.807) is 11.3 Å². The molecule has 19 heavy (non-hydrogen) atoms. The molecule has 0 bridgehead atoms. The molecule has 0 radical (unpaired) electrons. The van der Waals surface area contributed by atoms with E-state index in [1.165, 1.54) is 10.4 Å². The summed E-state index contributed by atoms with van der Waals surface area (Å²) in [6, 6.07) is 14.4. The Morgan fingerprint density at radius 2 is 1.68 bits per heavy atom. The van der Waals surface area contributed by atoms with E-state index in [2.05, 4.69) is 33.8 Å². The van der Waals surface area contributed by atoms with Gasteiger partial charge in [-0.2, -0.15) is 0 Å². The lowest BCUT2D eigenvalue weighted by Crippen LogP contribution is -1.92. The van der Waals surface area contributed by atoms with E-state index in [1.807, 2.05) is 37.6 Å². The van der Waals surface area contributed by atoms with Crippen LogP contribution in [0.1, 0.15) is 0 Å². The van der Waals surface area contributed by atoms with Crippen molar-refractivity contribution in [3.05, 3.63) is 58.8 Å². The topological polar surface area (TPSA) is 17.8 Å². The largest absolute Gasteiger partial charge is 0.326 e. The second-order valence-electron chi connectivity index (χ2n) is 4.21. The molecular formula is C15H12N2S2. The monoisotopic (exact) mass is 284 g/mol. The highest BCUT2D eigenvalue weighted by molar-refractivity contribution is 7.73. The van der Waals surface area contributed by atoms with Gasteiger partial charge in [-0.05, 0) is 29.9 Å². The van der Waals surface area contributed by atoms with Crippen molar-refractivity contribution in [1.82, 2.24) is 9.55 Å². The van der Waals surface area contributed by atoms with E-state index in [9.17, 15) is 0 Å². The molecule has 0 saturated heterocycles. The number of hydrogen-bond acceptors (Lipinski definition) is 3. The molecule has 0 unspecified atom stereocenters. The van der Waals surface area contributed by atoms with Crippen LogP contribution >= 0.6 is 23.6 Å². The van der Waals surface area contributed by atoms with E-state index in [4.69, 9.17) is 12.2 Å². The SMILES string of the molecule is Cn1c(-c2ccncc2)c(-c2ccccc2)sc1=S. The minimum Gasteiger partial charge on any atom is -0.326 e. The molecule has 0 amide bonds. The first-order valence-electron chi connectivity index (χ1n) is 5.93. The summed E-state index contributed by atoms with van der Waals surface area (Å²) in [6.07, 6.45) is 3.62. The van der Waals surface area contributed by atoms with Crippen molar-refractivity contribution in [2.75, 3.05) is 0 Å². The van der Waals surface area contributed by atoms with Crippen LogP contribution in [0.3, 0.4) is 0 Å². The van der Waals surface area contributed by atoms with Crippen molar-refractivity contribution in [3.63, 3.8) is 0 Å². The van der Waals surface area contributed by atoms with Crippen LogP contribution in [-0.2, 0) is 7.05 Å². The molecular weight excluding hydrogens is 272 g/mol. The Balaban J connectivity index is 2.28. The Labute approximate surface area is 121 Å². The predicted octanol–water partition coefficient (Wildman–Crippen LogP) is 4.55. The van der Waals surface area contributed by atoms with Crippen LogP contribution < -0.4 is 0 Å². The summed E-state index contributed by atoms with van der Waals surface area (Å²) >= 11 is 7.07. The molecule has 3 rings (SSSR count). The molecule has 2 aromatic heterocycles. The average Bonchev–Trinajstić information content (AvgIpc) is 2.77. The van der Waals surface area contributed by atoms with Crippen molar-refractivity contribution < 1.29 is 0 Å². The molecule has 2 heterocycles. The van der Waals surface area contributed by atoms with Crippen LogP contribution in [0.2, 0.25) is 0 Å². The van der Waals surface area contributed by atoms with Gasteiger partial charge in [0.1, 0.15) is 0 Å². The Bertz CT molecular complexity index is 743. The van der Waals surface area contributed by atoms with Crippen molar-refractivity contribution >= 4 is 23.6 Å². The van der Waals surface area contributed by atoms with Crippen LogP contribution in [0.25, 0.3) is 21.7 Å². The zero-order valence-corrected chi connectivity index (χ0v) is 12.0. The van der Waals surface area contributed by atoms with E-state index in [0.717, 1.165) is 15.2 Å². The summed E-state index contributed by atoms with van der Waals surface area (Å²) < 4.78 is 2.95. The van der Waals surface area contributed by atoms with Crippen LogP contribution in [0.5, 0.6) is 0 Å². The van der Waals surface area contributed by atoms with Gasteiger partial charge >= 0.3 is 0 Å². The standard InChI is InChI=1S/C15H12N2S2/c1-17-13(11-7-9-16-10-8-11)14(19-15(17)18)12-5-3-2-4-6-12/h2-10H,1H3. The van der Waals surface area contributed by atoms with E-state index in [0.29, 0.717) is 0 Å². The summed E-state index contributed by atoms with van der Waals surface area (Å²) in [5.74, 6) is 0. The third-order valence-electron chi connectivity index (χ3n) is 3.00. The molecule has 0 saturated carbocycles. The third kappa shape index (κ3) is 2.25. The van der Waals surface area contributed by atoms with Gasteiger partial charge in [0.2, 0.25) is 0 Å². The number of benzene rings is 1. The molecule has 94 valence electrons. The zero-order chi connectivity index (χ0) is 13.2. The first-order valence-corrected chi connectivity index (χ1v) is 7.15. The molecule has 2 nitrogen and oxygen atoms in total. The number of nitrogens with zero attached hydrogens (tertiary/aromatic N) is 2. The van der Waals surface area contributed by atoms with Crippen molar-refractivity contribution in [3.8, 4) is 21.7 Å². The molecule has 1 aromatic carbocycles. The molecule has 0 aliphatic carbocycles. The van der Waals surface area contributed by atoms with E-state index < -0.39 is 0 Å². The first kappa shape index (κ1) is 12.3. The number of thiazole rings is 1. The van der Waals surface area contributed by atoms with Gasteiger partial charge in [-0.25, -0.2) is 0 Å². The normalized spacial score (nSPS) is 10.6. The van der Waals surface area contributed by atoms with E-state index in [-0.39, 0.29) is 0 Å². The smallest absolute Gasteiger partial charge is 0.161 e. The van der Waals surface area contributed by atoms with Gasteiger partial charge in [0.05, 0.1) is 10.6 Å². The lowest BCUT2D eigenvalue weighted by Gasteiger charge is -2.06. The lowest BCUT2D eigenvalue weighted by molar-refractivity contribution is 0.930. The molecule has 0 aliphatic heterocycles. The zero-order valence-electron chi connectivity index (χ0n) is 10.4. The fraction of sp³-hybridized carbons (Fsp3) is 0.0667. The number of pyridine rings is 1. The second-order valence-corrected chi connectivity index (χ2v) is 5.85. The summed E-state index contributed by atoms with van der Waals surface area (Å²) in [6.45, 7) is 0. The highest BCUT2D eigenvalue weighted by atomic mass is 32.1. The van der Waals surface area contributed by atoms with Crippen molar-refractivity contribution in [2.24, 2.45) is 7.05 Å². The van der Waals surface area contributed by atoms with Crippen molar-refractivity contribution in [2.45, 2.75) is 0 Å². The fourth-order valence-corrected chi connectivity index (χ4v) is 3.42. The van der Waals surface area contributed by atoms with Crippen LogP contribution in [-0.4, -0.2) is 9.55 Å². The predicted molar refractivity (Wildman–Crippen MR) is 82.8 cm³/mol. The minimum atomic E-state index is 0.880. The van der Waals surface area contributed by atoms with E-state index >= 15 is 0 Å². The molecule has 0 N–H and O–H groups in total. The van der Waals surface area contributed by atoms with Gasteiger partial charge < -0.3 is 4.57 Å². The second kappa shape index (κ2) is 5.07. The highest BCUT2D eigenvalue weighted by Crippen LogP contribution is 2.36. The maximum Gasteiger partial charge on any atom is 0.161 e. The molecule has 3 aromatic rings. The number of hydrogen-bond donors (Lipinski definition) is 0. The van der Waals surface area contributed by atoms with Crippen LogP contribution in [0.15, 0.2) is 54.9 Å². The third-order valence-corrected chi connectivity index (χ3v) is 4.61. The van der Waals surface area contributed by atoms with Gasteiger partial charge in [-0.3, -0.25) is 4.98 Å². The first-order chi connectivity index (χ1) is 9.27. The van der Waals surface area contributed by atoms with Gasteiger partial charge in [-0.1, -0.05) is 30.3 Å². The maximum absolute atomic E-state index is 5.43. The Morgan fingerprint density at radius 1 is 1.00 bits per heavy atom. The lowest BCUT2D eigenvalue weighted by atomic mass is 10.1. The Kier molecular flexibility index (Phi) is 3.27. The van der Waals surface area contributed by atoms with Crippen molar-refractivity contribution in [1.29, 1.82) is 0 Å². The van der Waals surface area contributed by atoms with Crippen LogP contribution in [0, 0.1) is 3.95 Å². The fourth-order valence-electron chi connectivity index (χ4n) is 2.07. The Morgan fingerprint density at radius 3 is 2.37 bits per heavy atom. The molecule has 0 fully saturated rings. The van der Waals surface area contributed by atoms with Gasteiger partial charge in [-0.15, -0.1) is 11.3 Å². The summed E-state index contributed by atoms with van der Waals surface area (Å²) in [5, 5.41) is 0. The average molecular weight is 284 g/mol. The van der Waals surface area contributed by atoms with Gasteiger partial charge in [0.15, 0.2) is 3.95 Å². The highest BCUT2D eigenvalue weighted by Gasteiger charge is 2.13. The summed E-state index contributed by atoms with van der Waals surface area (Å²) in [5.41, 5.74) is 3.50. The molecule has 0 aliphatic rings. The summed E-state index contributed by atoms with van der Waals surface area (Å²) in [7, 11) is 2.01. The molecule has 4 heteroatoms. The quantitative estimate of drug-likeness (QED) is 0.643. The number of aromatic nitrogens is 2.